The molecule has 1 aromatic heterocycles. The van der Waals surface area contributed by atoms with Gasteiger partial charge in [0.05, 0.1) is 17.6 Å². The Hall–Kier alpha value is -1.10. The van der Waals surface area contributed by atoms with E-state index in [9.17, 15) is 0 Å². The first-order valence-electron chi connectivity index (χ1n) is 5.14. The summed E-state index contributed by atoms with van der Waals surface area (Å²) in [5, 5.41) is 11.1. The predicted molar refractivity (Wildman–Crippen MR) is 67.1 cm³/mol. The fourth-order valence-corrected chi connectivity index (χ4v) is 1.65. The molecule has 0 aliphatic rings. The lowest BCUT2D eigenvalue weighted by Gasteiger charge is -2.12. The Morgan fingerprint density at radius 1 is 1.60 bits per heavy atom. The van der Waals surface area contributed by atoms with Crippen LogP contribution < -0.4 is 10.6 Å². The second kappa shape index (κ2) is 5.11. The Morgan fingerprint density at radius 3 is 2.73 bits per heavy atom. The summed E-state index contributed by atoms with van der Waals surface area (Å²) in [6.45, 7) is 9.07. The first-order valence-corrected chi connectivity index (χ1v) is 5.55. The summed E-state index contributed by atoms with van der Waals surface area (Å²) in [6, 6.07) is 0.339. The molecule has 84 valence electrons. The molecule has 2 N–H and O–H groups in total. The highest BCUT2D eigenvalue weighted by Gasteiger charge is 2.06. The summed E-state index contributed by atoms with van der Waals surface area (Å²) < 4.78 is 1.93. The maximum absolute atomic E-state index is 5.16. The zero-order valence-corrected chi connectivity index (χ0v) is 10.5. The van der Waals surface area contributed by atoms with Gasteiger partial charge in [-0.2, -0.15) is 5.10 Å². The van der Waals surface area contributed by atoms with Crippen LogP contribution in [-0.4, -0.2) is 20.9 Å². The molecule has 0 aliphatic heterocycles. The number of thiocarbonyl (C=S) groups is 1. The summed E-state index contributed by atoms with van der Waals surface area (Å²) in [5.74, 6) is 0. The van der Waals surface area contributed by atoms with Crippen LogP contribution in [0.15, 0.2) is 6.20 Å². The van der Waals surface area contributed by atoms with E-state index in [1.807, 2.05) is 11.6 Å². The van der Waals surface area contributed by atoms with E-state index in [-0.39, 0.29) is 0 Å². The smallest absolute Gasteiger partial charge is 0.171 e. The minimum atomic E-state index is 0.339. The fraction of sp³-hybridized carbons (Fsp3) is 0.600. The predicted octanol–water partition coefficient (Wildman–Crippen LogP) is 1.91. The first kappa shape index (κ1) is 12.0. The van der Waals surface area contributed by atoms with Gasteiger partial charge in [-0.15, -0.1) is 0 Å². The monoisotopic (exact) mass is 226 g/mol. The molecule has 0 unspecified atom stereocenters. The SMILES string of the molecule is CCn1ncc(NC(=S)NC(C)C)c1C. The quantitative estimate of drug-likeness (QED) is 0.773. The van der Waals surface area contributed by atoms with Gasteiger partial charge in [-0.1, -0.05) is 0 Å². The average molecular weight is 226 g/mol. The Kier molecular flexibility index (Phi) is 4.08. The van der Waals surface area contributed by atoms with E-state index >= 15 is 0 Å². The van der Waals surface area contributed by atoms with Crippen LogP contribution in [0.5, 0.6) is 0 Å². The van der Waals surface area contributed by atoms with Gasteiger partial charge in [-0.3, -0.25) is 4.68 Å². The zero-order valence-electron chi connectivity index (χ0n) is 9.66. The minimum Gasteiger partial charge on any atom is -0.360 e. The van der Waals surface area contributed by atoms with Gasteiger partial charge in [0.15, 0.2) is 5.11 Å². The molecular weight excluding hydrogens is 208 g/mol. The van der Waals surface area contributed by atoms with Crippen molar-refractivity contribution in [3.05, 3.63) is 11.9 Å². The highest BCUT2D eigenvalue weighted by atomic mass is 32.1. The van der Waals surface area contributed by atoms with Crippen LogP contribution in [-0.2, 0) is 6.54 Å². The van der Waals surface area contributed by atoms with Crippen molar-refractivity contribution in [3.8, 4) is 0 Å². The van der Waals surface area contributed by atoms with Crippen LogP contribution in [0.4, 0.5) is 5.69 Å². The van der Waals surface area contributed by atoms with Crippen molar-refractivity contribution in [2.75, 3.05) is 5.32 Å². The molecule has 0 atom stereocenters. The van der Waals surface area contributed by atoms with Gasteiger partial charge in [0.2, 0.25) is 0 Å². The van der Waals surface area contributed by atoms with Gasteiger partial charge in [0.25, 0.3) is 0 Å². The highest BCUT2D eigenvalue weighted by molar-refractivity contribution is 7.80. The minimum absolute atomic E-state index is 0.339. The van der Waals surface area contributed by atoms with Gasteiger partial charge in [0.1, 0.15) is 0 Å². The lowest BCUT2D eigenvalue weighted by atomic mass is 10.4. The summed E-state index contributed by atoms with van der Waals surface area (Å²) in [6.07, 6.45) is 1.80. The standard InChI is InChI=1S/C10H18N4S/c1-5-14-8(4)9(6-11-14)13-10(15)12-7(2)3/h6-7H,5H2,1-4H3,(H2,12,13,15). The Balaban J connectivity index is 2.64. The number of anilines is 1. The van der Waals surface area contributed by atoms with E-state index < -0.39 is 0 Å². The lowest BCUT2D eigenvalue weighted by molar-refractivity contribution is 0.640. The molecule has 0 aliphatic carbocycles. The molecule has 1 aromatic rings. The second-order valence-electron chi connectivity index (χ2n) is 3.71. The Morgan fingerprint density at radius 2 is 2.27 bits per heavy atom. The molecule has 0 saturated carbocycles. The van der Waals surface area contributed by atoms with Crippen LogP contribution in [0.2, 0.25) is 0 Å². The number of aryl methyl sites for hydroxylation is 1. The number of nitrogens with one attached hydrogen (secondary N) is 2. The maximum Gasteiger partial charge on any atom is 0.171 e. The third-order valence-corrected chi connectivity index (χ3v) is 2.29. The molecule has 15 heavy (non-hydrogen) atoms. The van der Waals surface area contributed by atoms with Crippen molar-refractivity contribution in [2.45, 2.75) is 40.3 Å². The molecule has 0 bridgehead atoms. The van der Waals surface area contributed by atoms with E-state index in [1.54, 1.807) is 6.20 Å². The molecule has 0 aromatic carbocycles. The third-order valence-electron chi connectivity index (χ3n) is 2.07. The van der Waals surface area contributed by atoms with Gasteiger partial charge in [0, 0.05) is 12.6 Å². The van der Waals surface area contributed by atoms with Gasteiger partial charge in [-0.05, 0) is 39.9 Å². The summed E-state index contributed by atoms with van der Waals surface area (Å²) >= 11 is 5.16. The van der Waals surface area contributed by atoms with Crippen molar-refractivity contribution in [3.63, 3.8) is 0 Å². The molecule has 1 rings (SSSR count). The van der Waals surface area contributed by atoms with E-state index in [0.29, 0.717) is 11.2 Å². The molecule has 0 saturated heterocycles. The normalized spacial score (nSPS) is 10.5. The van der Waals surface area contributed by atoms with Gasteiger partial charge < -0.3 is 10.6 Å². The third kappa shape index (κ3) is 3.20. The number of nitrogens with zero attached hydrogens (tertiary/aromatic N) is 2. The van der Waals surface area contributed by atoms with Crippen molar-refractivity contribution < 1.29 is 0 Å². The van der Waals surface area contributed by atoms with Gasteiger partial charge >= 0.3 is 0 Å². The average Bonchev–Trinajstić information content (AvgIpc) is 2.46. The molecular formula is C10H18N4S. The van der Waals surface area contributed by atoms with Gasteiger partial charge in [-0.25, -0.2) is 0 Å². The topological polar surface area (TPSA) is 41.9 Å². The van der Waals surface area contributed by atoms with Crippen LogP contribution in [0, 0.1) is 6.92 Å². The van der Waals surface area contributed by atoms with Crippen LogP contribution >= 0.6 is 12.2 Å². The highest BCUT2D eigenvalue weighted by Crippen LogP contribution is 2.12. The summed E-state index contributed by atoms with van der Waals surface area (Å²) in [5.41, 5.74) is 2.07. The molecule has 1 heterocycles. The molecule has 5 heteroatoms. The van der Waals surface area contributed by atoms with E-state index in [4.69, 9.17) is 12.2 Å². The first-order chi connectivity index (χ1) is 7.04. The summed E-state index contributed by atoms with van der Waals surface area (Å²) in [4.78, 5) is 0. The zero-order chi connectivity index (χ0) is 11.4. The Bertz CT molecular complexity index is 343. The summed E-state index contributed by atoms with van der Waals surface area (Å²) in [7, 11) is 0. The number of hydrogen-bond acceptors (Lipinski definition) is 2. The number of hydrogen-bond donors (Lipinski definition) is 2. The number of rotatable bonds is 3. The molecule has 0 radical (unpaired) electrons. The van der Waals surface area contributed by atoms with Crippen molar-refractivity contribution in [1.82, 2.24) is 15.1 Å². The van der Waals surface area contributed by atoms with Crippen molar-refractivity contribution in [2.24, 2.45) is 0 Å². The number of aromatic nitrogens is 2. The van der Waals surface area contributed by atoms with E-state index in [0.717, 1.165) is 17.9 Å². The van der Waals surface area contributed by atoms with Crippen molar-refractivity contribution >= 4 is 23.0 Å². The molecule has 0 fully saturated rings. The maximum atomic E-state index is 5.16. The van der Waals surface area contributed by atoms with Crippen molar-refractivity contribution in [1.29, 1.82) is 0 Å². The van der Waals surface area contributed by atoms with E-state index in [2.05, 4.69) is 36.5 Å². The Labute approximate surface area is 96.1 Å². The second-order valence-corrected chi connectivity index (χ2v) is 4.12. The van der Waals surface area contributed by atoms with Crippen LogP contribution in [0.3, 0.4) is 0 Å². The largest absolute Gasteiger partial charge is 0.360 e. The van der Waals surface area contributed by atoms with Crippen LogP contribution in [0.25, 0.3) is 0 Å². The van der Waals surface area contributed by atoms with Crippen LogP contribution in [0.1, 0.15) is 26.5 Å². The molecule has 4 nitrogen and oxygen atoms in total. The van der Waals surface area contributed by atoms with E-state index in [1.165, 1.54) is 0 Å². The lowest BCUT2D eigenvalue weighted by Crippen LogP contribution is -2.34. The molecule has 0 amide bonds. The molecule has 0 spiro atoms. The fourth-order valence-electron chi connectivity index (χ4n) is 1.31.